The van der Waals surface area contributed by atoms with E-state index in [9.17, 15) is 14.0 Å². The smallest absolute Gasteiger partial charge is 0.316 e. The third-order valence-electron chi connectivity index (χ3n) is 4.57. The van der Waals surface area contributed by atoms with E-state index in [1.165, 1.54) is 12.1 Å². The molecule has 0 radical (unpaired) electrons. The molecule has 0 aromatic heterocycles. The Bertz CT molecular complexity index is 888. The average Bonchev–Trinajstić information content (AvgIpc) is 2.72. The second-order valence-corrected chi connectivity index (χ2v) is 7.95. The molecule has 0 aliphatic carbocycles. The average molecular weight is 437 g/mol. The number of benzene rings is 2. The van der Waals surface area contributed by atoms with Gasteiger partial charge in [-0.2, -0.15) is 0 Å². The van der Waals surface area contributed by atoms with Crippen LogP contribution in [0.3, 0.4) is 0 Å². The van der Waals surface area contributed by atoms with Crippen molar-refractivity contribution in [2.24, 2.45) is 0 Å². The predicted octanol–water partition coefficient (Wildman–Crippen LogP) is 4.10. The van der Waals surface area contributed by atoms with E-state index in [-0.39, 0.29) is 11.7 Å². The number of nitrogens with zero attached hydrogens (tertiary/aromatic N) is 2. The topological polar surface area (TPSA) is 49.9 Å². The normalized spacial score (nSPS) is 14.0. The summed E-state index contributed by atoms with van der Waals surface area (Å²) in [6, 6.07) is 12.0. The highest BCUT2D eigenvalue weighted by Crippen LogP contribution is 2.24. The number of thioether (sulfide) groups is 1. The van der Waals surface area contributed by atoms with Gasteiger partial charge in [0, 0.05) is 47.3 Å². The first-order chi connectivity index (χ1) is 14.0. The van der Waals surface area contributed by atoms with Crippen LogP contribution in [0.1, 0.15) is 17.3 Å². The minimum Gasteiger partial charge on any atom is -0.465 e. The number of hydrogen-bond donors (Lipinski definition) is 0. The monoisotopic (exact) mass is 436 g/mol. The standard InChI is InChI=1S/C21H22ClFN2O3S/c1-2-28-20(26)14-29-19-7-6-15(12-18(19)23)21(27)25-10-8-24(9-11-25)17-5-3-4-16(22)13-17/h3-7,12-13H,2,8-11,14H2,1H3. The summed E-state index contributed by atoms with van der Waals surface area (Å²) in [4.78, 5) is 28.4. The van der Waals surface area contributed by atoms with Crippen molar-refractivity contribution in [1.29, 1.82) is 0 Å². The molecule has 3 rings (SSSR count). The minimum atomic E-state index is -0.511. The number of anilines is 1. The summed E-state index contributed by atoms with van der Waals surface area (Å²) in [5.74, 6) is -1.07. The van der Waals surface area contributed by atoms with Gasteiger partial charge in [-0.05, 0) is 43.3 Å². The minimum absolute atomic E-state index is 0.0313. The van der Waals surface area contributed by atoms with Crippen LogP contribution in [-0.4, -0.2) is 55.3 Å². The van der Waals surface area contributed by atoms with Gasteiger partial charge in [0.25, 0.3) is 5.91 Å². The molecule has 1 saturated heterocycles. The lowest BCUT2D eigenvalue weighted by Crippen LogP contribution is -2.48. The molecule has 1 aliphatic rings. The fourth-order valence-corrected chi connectivity index (χ4v) is 4.02. The fourth-order valence-electron chi connectivity index (χ4n) is 3.11. The highest BCUT2D eigenvalue weighted by molar-refractivity contribution is 8.00. The highest BCUT2D eigenvalue weighted by Gasteiger charge is 2.23. The van der Waals surface area contributed by atoms with Gasteiger partial charge in [-0.25, -0.2) is 4.39 Å². The van der Waals surface area contributed by atoms with E-state index >= 15 is 0 Å². The van der Waals surface area contributed by atoms with Gasteiger partial charge in [0.05, 0.1) is 12.4 Å². The van der Waals surface area contributed by atoms with Crippen LogP contribution in [0.4, 0.5) is 10.1 Å². The zero-order chi connectivity index (χ0) is 20.8. The predicted molar refractivity (Wildman–Crippen MR) is 113 cm³/mol. The molecule has 0 saturated carbocycles. The number of hydrogen-bond acceptors (Lipinski definition) is 5. The van der Waals surface area contributed by atoms with Crippen LogP contribution in [0.15, 0.2) is 47.4 Å². The van der Waals surface area contributed by atoms with Crippen LogP contribution in [0, 0.1) is 5.82 Å². The van der Waals surface area contributed by atoms with Crippen LogP contribution in [0.5, 0.6) is 0 Å². The number of ether oxygens (including phenoxy) is 1. The third-order valence-corrected chi connectivity index (χ3v) is 5.83. The number of carbonyl (C=O) groups excluding carboxylic acids is 2. The lowest BCUT2D eigenvalue weighted by molar-refractivity contribution is -0.139. The summed E-state index contributed by atoms with van der Waals surface area (Å²) in [6.07, 6.45) is 0. The molecule has 0 bridgehead atoms. The number of rotatable bonds is 6. The Labute approximate surface area is 178 Å². The lowest BCUT2D eigenvalue weighted by Gasteiger charge is -2.36. The Morgan fingerprint density at radius 3 is 2.55 bits per heavy atom. The highest BCUT2D eigenvalue weighted by atomic mass is 35.5. The van der Waals surface area contributed by atoms with Crippen molar-refractivity contribution in [2.75, 3.05) is 43.4 Å². The summed E-state index contributed by atoms with van der Waals surface area (Å²) in [6.45, 7) is 4.47. The van der Waals surface area contributed by atoms with E-state index in [2.05, 4.69) is 4.90 Å². The largest absolute Gasteiger partial charge is 0.465 e. The molecule has 2 aromatic rings. The molecule has 5 nitrogen and oxygen atoms in total. The Morgan fingerprint density at radius 1 is 1.14 bits per heavy atom. The summed E-state index contributed by atoms with van der Waals surface area (Å²) in [7, 11) is 0. The van der Waals surface area contributed by atoms with Gasteiger partial charge >= 0.3 is 5.97 Å². The van der Waals surface area contributed by atoms with Gasteiger partial charge in [-0.15, -0.1) is 11.8 Å². The van der Waals surface area contributed by atoms with Crippen LogP contribution in [0.25, 0.3) is 0 Å². The fraction of sp³-hybridized carbons (Fsp3) is 0.333. The summed E-state index contributed by atoms with van der Waals surface area (Å²) < 4.78 is 19.2. The molecule has 0 spiro atoms. The van der Waals surface area contributed by atoms with Crippen molar-refractivity contribution in [2.45, 2.75) is 11.8 Å². The first-order valence-corrected chi connectivity index (χ1v) is 10.7. The quantitative estimate of drug-likeness (QED) is 0.504. The van der Waals surface area contributed by atoms with Crippen molar-refractivity contribution in [3.8, 4) is 0 Å². The molecule has 0 N–H and O–H groups in total. The summed E-state index contributed by atoms with van der Waals surface area (Å²) in [5, 5.41) is 0.678. The van der Waals surface area contributed by atoms with Crippen molar-refractivity contribution < 1.29 is 18.7 Å². The molecule has 1 heterocycles. The zero-order valence-electron chi connectivity index (χ0n) is 16.1. The molecule has 8 heteroatoms. The van der Waals surface area contributed by atoms with E-state index in [1.807, 2.05) is 24.3 Å². The van der Waals surface area contributed by atoms with E-state index in [0.29, 0.717) is 48.3 Å². The summed E-state index contributed by atoms with van der Waals surface area (Å²) in [5.41, 5.74) is 1.33. The number of esters is 1. The first-order valence-electron chi connectivity index (χ1n) is 9.35. The number of piperazine rings is 1. The van der Waals surface area contributed by atoms with Crippen molar-refractivity contribution in [3.05, 3.63) is 58.9 Å². The van der Waals surface area contributed by atoms with Gasteiger partial charge in [0.2, 0.25) is 0 Å². The van der Waals surface area contributed by atoms with E-state index in [0.717, 1.165) is 17.4 Å². The van der Waals surface area contributed by atoms with Gasteiger partial charge in [-0.1, -0.05) is 17.7 Å². The molecule has 29 heavy (non-hydrogen) atoms. The van der Waals surface area contributed by atoms with Gasteiger partial charge in [0.15, 0.2) is 0 Å². The Hall–Kier alpha value is -2.25. The third kappa shape index (κ3) is 5.64. The Morgan fingerprint density at radius 2 is 1.90 bits per heavy atom. The van der Waals surface area contributed by atoms with Gasteiger partial charge in [0.1, 0.15) is 5.82 Å². The number of carbonyl (C=O) groups is 2. The first kappa shape index (κ1) is 21.5. The van der Waals surface area contributed by atoms with Gasteiger partial charge in [-0.3, -0.25) is 9.59 Å². The number of amides is 1. The zero-order valence-corrected chi connectivity index (χ0v) is 17.6. The molecular weight excluding hydrogens is 415 g/mol. The molecule has 1 amide bonds. The van der Waals surface area contributed by atoms with Gasteiger partial charge < -0.3 is 14.5 Å². The summed E-state index contributed by atoms with van der Waals surface area (Å²) >= 11 is 7.11. The number of halogens is 2. The molecule has 154 valence electrons. The molecule has 1 aliphatic heterocycles. The van der Waals surface area contributed by atoms with E-state index in [1.54, 1.807) is 17.9 Å². The van der Waals surface area contributed by atoms with E-state index < -0.39 is 11.8 Å². The molecule has 0 atom stereocenters. The maximum Gasteiger partial charge on any atom is 0.316 e. The second-order valence-electron chi connectivity index (χ2n) is 6.50. The SMILES string of the molecule is CCOC(=O)CSc1ccc(C(=O)N2CCN(c3cccc(Cl)c3)CC2)cc1F. The van der Waals surface area contributed by atoms with Crippen LogP contribution < -0.4 is 4.90 Å². The lowest BCUT2D eigenvalue weighted by atomic mass is 10.1. The van der Waals surface area contributed by atoms with Crippen LogP contribution in [-0.2, 0) is 9.53 Å². The molecule has 1 fully saturated rings. The van der Waals surface area contributed by atoms with Crippen molar-refractivity contribution in [3.63, 3.8) is 0 Å². The maximum atomic E-state index is 14.4. The van der Waals surface area contributed by atoms with Crippen LogP contribution in [0.2, 0.25) is 5.02 Å². The molecule has 2 aromatic carbocycles. The van der Waals surface area contributed by atoms with E-state index in [4.69, 9.17) is 16.3 Å². The Kier molecular flexibility index (Phi) is 7.39. The molecular formula is C21H22ClFN2O3S. The molecule has 0 unspecified atom stereocenters. The Balaban J connectivity index is 1.58. The maximum absolute atomic E-state index is 14.4. The second kappa shape index (κ2) is 9.98. The van der Waals surface area contributed by atoms with Crippen molar-refractivity contribution >= 4 is 40.9 Å². The van der Waals surface area contributed by atoms with Crippen LogP contribution >= 0.6 is 23.4 Å². The van der Waals surface area contributed by atoms with Crippen molar-refractivity contribution in [1.82, 2.24) is 4.90 Å².